The molecule has 0 saturated heterocycles. The Kier molecular flexibility index (Phi) is 7.23. The number of aromatic hydroxyl groups is 1. The van der Waals surface area contributed by atoms with Crippen molar-refractivity contribution in [1.29, 1.82) is 0 Å². The fourth-order valence-electron chi connectivity index (χ4n) is 7.44. The number of likely N-dealkylation sites (N-methyl/N-ethyl adjacent to an activating group) is 1. The van der Waals surface area contributed by atoms with Crippen molar-refractivity contribution >= 4 is 23.4 Å². The highest BCUT2D eigenvalue weighted by Crippen LogP contribution is 2.56. The molecule has 1 aromatic rings. The van der Waals surface area contributed by atoms with Crippen molar-refractivity contribution in [3.63, 3.8) is 0 Å². The lowest BCUT2D eigenvalue weighted by Crippen LogP contribution is -2.69. The quantitative estimate of drug-likeness (QED) is 0.205. The number of phenolic OH excluding ortho intramolecular Hbond substituents is 1. The third kappa shape index (κ3) is 4.16. The highest BCUT2D eigenvalue weighted by atomic mass is 16.5. The summed E-state index contributed by atoms with van der Waals surface area (Å²) in [6, 6.07) is 3.22. The zero-order chi connectivity index (χ0) is 30.0. The number of primary amides is 1. The Morgan fingerprint density at radius 2 is 1.68 bits per heavy atom. The van der Waals surface area contributed by atoms with Gasteiger partial charge in [0.05, 0.1) is 23.4 Å². The van der Waals surface area contributed by atoms with Crippen LogP contribution in [0.2, 0.25) is 0 Å². The van der Waals surface area contributed by atoms with Crippen LogP contribution >= 0.6 is 0 Å². The molecular weight excluding hydrogens is 532 g/mol. The second kappa shape index (κ2) is 10.3. The minimum absolute atomic E-state index is 0.102. The number of carbonyl (C=O) groups excluding carboxylic acids is 4. The van der Waals surface area contributed by atoms with E-state index < -0.39 is 82.0 Å². The number of aliphatic hydroxyl groups is 3. The summed E-state index contributed by atoms with van der Waals surface area (Å²) in [6.07, 6.45) is 3.43. The van der Waals surface area contributed by atoms with Crippen LogP contribution in [-0.4, -0.2) is 80.6 Å². The lowest BCUT2D eigenvalue weighted by atomic mass is 9.55. The maximum absolute atomic E-state index is 13.9. The number of Topliss-reactive ketones (excluding diaryl/α,β-unsaturated/α-hetero) is 2. The molecule has 0 bridgehead atoms. The molecule has 4 aliphatic rings. The number of esters is 1. The second-order valence-electron chi connectivity index (χ2n) is 11.9. The summed E-state index contributed by atoms with van der Waals surface area (Å²) in [5.74, 6) is -9.84. The Morgan fingerprint density at radius 1 is 1.05 bits per heavy atom. The molecule has 0 aliphatic heterocycles. The number of ketones is 2. The Labute approximate surface area is 237 Å². The molecule has 11 nitrogen and oxygen atoms in total. The number of hydrogen-bond donors (Lipinski definition) is 5. The van der Waals surface area contributed by atoms with Crippen molar-refractivity contribution in [2.75, 3.05) is 14.1 Å². The van der Waals surface area contributed by atoms with Gasteiger partial charge in [-0.2, -0.15) is 0 Å². The lowest BCUT2D eigenvalue weighted by molar-refractivity contribution is -0.184. The number of nitrogens with zero attached hydrogens (tertiary/aromatic N) is 1. The van der Waals surface area contributed by atoms with Crippen LogP contribution in [0, 0.1) is 17.8 Å². The van der Waals surface area contributed by atoms with Crippen molar-refractivity contribution in [1.82, 2.24) is 4.90 Å². The molecule has 5 rings (SSSR count). The van der Waals surface area contributed by atoms with E-state index in [0.29, 0.717) is 18.4 Å². The van der Waals surface area contributed by atoms with E-state index in [4.69, 9.17) is 10.5 Å². The predicted octanol–water partition coefficient (Wildman–Crippen LogP) is 2.17. The van der Waals surface area contributed by atoms with E-state index in [1.807, 2.05) is 0 Å². The highest BCUT2D eigenvalue weighted by Gasteiger charge is 2.68. The SMILES string of the molecule is C[C@@H]1c2cccc(O)c2C(=O)C2=C(O)[C@@]3(O)C(=O)C(C(N)=O)=C(O)[C@H](N(C)C)[C@H]3[C@H](OC(=O)C3CCCCCC3)[C@H]21. The molecule has 0 radical (unpaired) electrons. The van der Waals surface area contributed by atoms with Gasteiger partial charge in [0.15, 0.2) is 11.4 Å². The number of fused-ring (bicyclic) bond motifs is 3. The largest absolute Gasteiger partial charge is 0.510 e. The van der Waals surface area contributed by atoms with Gasteiger partial charge in [-0.25, -0.2) is 0 Å². The predicted molar refractivity (Wildman–Crippen MR) is 145 cm³/mol. The van der Waals surface area contributed by atoms with Crippen LogP contribution in [0.4, 0.5) is 0 Å². The number of nitrogens with two attached hydrogens (primary N) is 1. The number of hydrogen-bond acceptors (Lipinski definition) is 10. The molecule has 0 aromatic heterocycles. The van der Waals surface area contributed by atoms with E-state index in [-0.39, 0.29) is 16.9 Å². The van der Waals surface area contributed by atoms with Gasteiger partial charge in [0, 0.05) is 11.5 Å². The van der Waals surface area contributed by atoms with Crippen molar-refractivity contribution in [2.45, 2.75) is 69.1 Å². The summed E-state index contributed by atoms with van der Waals surface area (Å²) in [4.78, 5) is 55.2. The highest BCUT2D eigenvalue weighted by molar-refractivity contribution is 6.25. The zero-order valence-corrected chi connectivity index (χ0v) is 23.3. The van der Waals surface area contributed by atoms with Crippen LogP contribution in [0.25, 0.3) is 0 Å². The minimum atomic E-state index is -2.94. The summed E-state index contributed by atoms with van der Waals surface area (Å²) >= 11 is 0. The maximum Gasteiger partial charge on any atom is 0.309 e. The maximum atomic E-state index is 13.9. The van der Waals surface area contributed by atoms with Crippen molar-refractivity contribution in [3.05, 3.63) is 52.0 Å². The van der Waals surface area contributed by atoms with Crippen molar-refractivity contribution in [3.8, 4) is 5.75 Å². The first-order valence-corrected chi connectivity index (χ1v) is 14.0. The van der Waals surface area contributed by atoms with Crippen LogP contribution in [0.3, 0.4) is 0 Å². The molecule has 6 N–H and O–H groups in total. The second-order valence-corrected chi connectivity index (χ2v) is 11.9. The Balaban J connectivity index is 1.77. The number of carbonyl (C=O) groups is 4. The summed E-state index contributed by atoms with van der Waals surface area (Å²) in [7, 11) is 3.05. The molecule has 6 atom stereocenters. The first-order chi connectivity index (χ1) is 19.3. The molecule has 220 valence electrons. The number of aliphatic hydroxyl groups excluding tert-OH is 2. The average molecular weight is 569 g/mol. The van der Waals surface area contributed by atoms with Crippen molar-refractivity contribution in [2.24, 2.45) is 23.5 Å². The number of phenols is 1. The fraction of sp³-hybridized carbons (Fsp3) is 0.533. The van der Waals surface area contributed by atoms with E-state index in [1.54, 1.807) is 19.1 Å². The van der Waals surface area contributed by atoms with Gasteiger partial charge in [0.1, 0.15) is 28.9 Å². The summed E-state index contributed by atoms with van der Waals surface area (Å²) < 4.78 is 6.19. The van der Waals surface area contributed by atoms with Gasteiger partial charge in [-0.05, 0) is 44.5 Å². The number of rotatable bonds is 4. The van der Waals surface area contributed by atoms with E-state index in [0.717, 1.165) is 25.7 Å². The van der Waals surface area contributed by atoms with Crippen LogP contribution in [0.15, 0.2) is 40.9 Å². The number of ether oxygens (including phenoxy) is 1. The summed E-state index contributed by atoms with van der Waals surface area (Å²) in [6.45, 7) is 1.74. The molecule has 1 aromatic carbocycles. The van der Waals surface area contributed by atoms with E-state index in [2.05, 4.69) is 0 Å². The van der Waals surface area contributed by atoms with Crippen LogP contribution in [-0.2, 0) is 19.1 Å². The van der Waals surface area contributed by atoms with Gasteiger partial charge >= 0.3 is 5.97 Å². The molecule has 0 unspecified atom stereocenters. The molecule has 1 fully saturated rings. The monoisotopic (exact) mass is 568 g/mol. The van der Waals surface area contributed by atoms with Gasteiger partial charge < -0.3 is 30.9 Å². The molecule has 11 heteroatoms. The Bertz CT molecular complexity index is 1390. The third-order valence-electron chi connectivity index (χ3n) is 9.41. The molecule has 4 aliphatic carbocycles. The van der Waals surface area contributed by atoms with Crippen LogP contribution < -0.4 is 5.73 Å². The Morgan fingerprint density at radius 3 is 2.27 bits per heavy atom. The number of amides is 1. The fourth-order valence-corrected chi connectivity index (χ4v) is 7.44. The molecule has 0 spiro atoms. The summed E-state index contributed by atoms with van der Waals surface area (Å²) in [5, 5.41) is 45.6. The standard InChI is InChI=1S/C30H36N2O9/c1-13-15-11-8-12-16(33)18(15)23(34)19-17(13)25(41-29(39)14-9-6-4-5-7-10-14)21-22(32(2)3)24(35)20(28(31)38)27(37)30(21,40)26(19)36/h8,11-14,17,21-22,25,33,35-36,40H,4-7,9-10H2,1-3H3,(H2,31,38)/t13-,17+,21+,22-,25-,30-/m1/s1. The van der Waals surface area contributed by atoms with Gasteiger partial charge in [-0.3, -0.25) is 24.1 Å². The third-order valence-corrected chi connectivity index (χ3v) is 9.41. The summed E-state index contributed by atoms with van der Waals surface area (Å²) in [5.41, 5.74) is 1.53. The van der Waals surface area contributed by atoms with Gasteiger partial charge in [0.25, 0.3) is 5.91 Å². The van der Waals surface area contributed by atoms with Gasteiger partial charge in [-0.1, -0.05) is 44.7 Å². The van der Waals surface area contributed by atoms with E-state index in [9.17, 15) is 39.6 Å². The number of benzene rings is 1. The first kappa shape index (κ1) is 28.8. The smallest absolute Gasteiger partial charge is 0.309 e. The molecule has 0 heterocycles. The molecule has 1 saturated carbocycles. The Hall–Kier alpha value is -3.70. The van der Waals surface area contributed by atoms with Crippen LogP contribution in [0.1, 0.15) is 67.3 Å². The van der Waals surface area contributed by atoms with Gasteiger partial charge in [-0.15, -0.1) is 0 Å². The van der Waals surface area contributed by atoms with Crippen molar-refractivity contribution < 1.29 is 44.3 Å². The van der Waals surface area contributed by atoms with Gasteiger partial charge in [0.2, 0.25) is 5.78 Å². The minimum Gasteiger partial charge on any atom is -0.510 e. The first-order valence-electron chi connectivity index (χ1n) is 14.0. The normalized spacial score (nSPS) is 32.3. The van der Waals surface area contributed by atoms with E-state index >= 15 is 0 Å². The zero-order valence-electron chi connectivity index (χ0n) is 23.3. The average Bonchev–Trinajstić information content (AvgIpc) is 3.20. The molecule has 41 heavy (non-hydrogen) atoms. The molecule has 1 amide bonds. The van der Waals surface area contributed by atoms with E-state index in [1.165, 1.54) is 25.1 Å². The van der Waals surface area contributed by atoms with Crippen LogP contribution in [0.5, 0.6) is 5.75 Å². The topological polar surface area (TPSA) is 188 Å². The molecular formula is C30H36N2O9. The lowest BCUT2D eigenvalue weighted by Gasteiger charge is -2.54.